The van der Waals surface area contributed by atoms with Crippen LogP contribution in [0.15, 0.2) is 0 Å². The molecule has 0 amide bonds. The number of ether oxygens (including phenoxy) is 1. The van der Waals surface area contributed by atoms with Crippen molar-refractivity contribution in [1.82, 2.24) is 0 Å². The Hall–Kier alpha value is -0.370. The molecule has 24 heavy (non-hydrogen) atoms. The largest absolute Gasteiger partial charge is 0.370 e. The van der Waals surface area contributed by atoms with E-state index in [9.17, 15) is 4.79 Å². The molecule has 134 valence electrons. The van der Waals surface area contributed by atoms with E-state index in [0.29, 0.717) is 28.1 Å². The van der Waals surface area contributed by atoms with Crippen molar-refractivity contribution in [2.24, 2.45) is 40.4 Å². The second-order valence-corrected chi connectivity index (χ2v) is 10.6. The van der Waals surface area contributed by atoms with Crippen molar-refractivity contribution in [2.75, 3.05) is 6.61 Å². The van der Waals surface area contributed by atoms with E-state index in [2.05, 4.69) is 13.8 Å². The Kier molecular flexibility index (Phi) is 3.22. The van der Waals surface area contributed by atoms with Crippen molar-refractivity contribution in [3.8, 4) is 0 Å². The third-order valence-corrected chi connectivity index (χ3v) is 9.85. The second-order valence-electron chi connectivity index (χ2n) is 10.6. The predicted octanol–water partition coefficient (Wildman–Crippen LogP) is 5.00. The molecule has 5 rings (SSSR count). The van der Waals surface area contributed by atoms with Gasteiger partial charge in [-0.05, 0) is 99.2 Å². The average Bonchev–Trinajstić information content (AvgIpc) is 3.19. The van der Waals surface area contributed by atoms with Gasteiger partial charge in [-0.1, -0.05) is 13.8 Å². The lowest BCUT2D eigenvalue weighted by atomic mass is 9.44. The molecule has 1 unspecified atom stereocenters. The van der Waals surface area contributed by atoms with Gasteiger partial charge in [0.1, 0.15) is 5.78 Å². The van der Waals surface area contributed by atoms with Gasteiger partial charge in [-0.15, -0.1) is 0 Å². The fourth-order valence-corrected chi connectivity index (χ4v) is 8.34. The molecule has 2 heteroatoms. The molecule has 5 fully saturated rings. The molecule has 8 atom stereocenters. The lowest BCUT2D eigenvalue weighted by Gasteiger charge is -2.61. The molecule has 0 N–H and O–H groups in total. The van der Waals surface area contributed by atoms with Gasteiger partial charge in [-0.3, -0.25) is 4.79 Å². The van der Waals surface area contributed by atoms with Crippen LogP contribution < -0.4 is 0 Å². The lowest BCUT2D eigenvalue weighted by Crippen LogP contribution is -2.54. The maximum absolute atomic E-state index is 12.2. The van der Waals surface area contributed by atoms with Gasteiger partial charge in [-0.25, -0.2) is 0 Å². The molecule has 1 aliphatic heterocycles. The minimum atomic E-state index is 0.311. The molecule has 1 heterocycles. The Balaban J connectivity index is 1.43. The van der Waals surface area contributed by atoms with Crippen LogP contribution >= 0.6 is 0 Å². The van der Waals surface area contributed by atoms with Gasteiger partial charge in [0.25, 0.3) is 0 Å². The molecule has 0 bridgehead atoms. The number of carbonyl (C=O) groups is 1. The van der Waals surface area contributed by atoms with E-state index in [1.165, 1.54) is 51.4 Å². The minimum absolute atomic E-state index is 0.311. The van der Waals surface area contributed by atoms with Crippen LogP contribution in [0.1, 0.15) is 78.6 Å². The highest BCUT2D eigenvalue weighted by atomic mass is 16.6. The molecule has 1 saturated heterocycles. The van der Waals surface area contributed by atoms with Crippen molar-refractivity contribution in [3.05, 3.63) is 0 Å². The predicted molar refractivity (Wildman–Crippen MR) is 94.6 cm³/mol. The smallest absolute Gasteiger partial charge is 0.133 e. The lowest BCUT2D eigenvalue weighted by molar-refractivity contribution is -0.136. The summed E-state index contributed by atoms with van der Waals surface area (Å²) in [7, 11) is 0. The topological polar surface area (TPSA) is 29.6 Å². The summed E-state index contributed by atoms with van der Waals surface area (Å²) in [6, 6.07) is 0. The molecule has 0 aromatic carbocycles. The van der Waals surface area contributed by atoms with E-state index in [1.54, 1.807) is 0 Å². The summed E-state index contributed by atoms with van der Waals surface area (Å²) in [4.78, 5) is 12.2. The Morgan fingerprint density at radius 3 is 2.38 bits per heavy atom. The standard InChI is InChI=1S/C22H34O2/c1-14(23)17-6-7-18-16-5-4-15-12-22(13-24-22)11-10-20(15,2)19(16)8-9-21(17,18)3/h15-19H,4-13H2,1-3H3/t15?,16-,17+,18-,19-,20-,21+,22+/m0/s1. The van der Waals surface area contributed by atoms with Crippen LogP contribution in [0.3, 0.4) is 0 Å². The Morgan fingerprint density at radius 1 is 0.917 bits per heavy atom. The van der Waals surface area contributed by atoms with Crippen molar-refractivity contribution < 1.29 is 9.53 Å². The van der Waals surface area contributed by atoms with E-state index in [4.69, 9.17) is 4.74 Å². The molecule has 5 aliphatic rings. The number of Topliss-reactive ketones (excluding diaryl/α,β-unsaturated/α-hetero) is 1. The van der Waals surface area contributed by atoms with Crippen molar-refractivity contribution in [3.63, 3.8) is 0 Å². The molecular weight excluding hydrogens is 296 g/mol. The van der Waals surface area contributed by atoms with Crippen LogP contribution in [0.4, 0.5) is 0 Å². The summed E-state index contributed by atoms with van der Waals surface area (Å²) in [5.41, 5.74) is 1.18. The number of rotatable bonds is 1. The van der Waals surface area contributed by atoms with Crippen LogP contribution in [-0.4, -0.2) is 18.0 Å². The van der Waals surface area contributed by atoms with Gasteiger partial charge in [0.15, 0.2) is 0 Å². The normalized spacial score (nSPS) is 58.7. The third-order valence-electron chi connectivity index (χ3n) is 9.85. The van der Waals surface area contributed by atoms with Crippen LogP contribution in [-0.2, 0) is 9.53 Å². The minimum Gasteiger partial charge on any atom is -0.370 e. The van der Waals surface area contributed by atoms with Crippen LogP contribution in [0.25, 0.3) is 0 Å². The first-order valence-electron chi connectivity index (χ1n) is 10.5. The number of hydrogen-bond donors (Lipinski definition) is 0. The van der Waals surface area contributed by atoms with Crippen molar-refractivity contribution >= 4 is 5.78 Å². The number of hydrogen-bond acceptors (Lipinski definition) is 2. The van der Waals surface area contributed by atoms with Crippen LogP contribution in [0, 0.1) is 40.4 Å². The summed E-state index contributed by atoms with van der Waals surface area (Å²) in [5.74, 6) is 4.33. The first-order chi connectivity index (χ1) is 11.4. The average molecular weight is 331 g/mol. The third kappa shape index (κ3) is 1.95. The molecule has 0 aromatic rings. The summed E-state index contributed by atoms with van der Waals surface area (Å²) in [5, 5.41) is 0. The molecule has 0 aromatic heterocycles. The van der Waals surface area contributed by atoms with Crippen LogP contribution in [0.5, 0.6) is 0 Å². The number of epoxide rings is 1. The van der Waals surface area contributed by atoms with Crippen molar-refractivity contribution in [2.45, 2.75) is 84.2 Å². The quantitative estimate of drug-likeness (QED) is 0.633. The number of ketones is 1. The van der Waals surface area contributed by atoms with Gasteiger partial charge in [0, 0.05) is 5.92 Å². The van der Waals surface area contributed by atoms with Crippen LogP contribution in [0.2, 0.25) is 0 Å². The molecule has 0 radical (unpaired) electrons. The SMILES string of the molecule is CC(=O)[C@H]1CC[C@H]2[C@@H]3CCC4C[C@]5(CC[C@]4(C)[C@H]3CC[C@]12C)CO5. The van der Waals surface area contributed by atoms with E-state index in [0.717, 1.165) is 36.7 Å². The second kappa shape index (κ2) is 4.87. The Labute approximate surface area is 147 Å². The zero-order chi connectivity index (χ0) is 16.7. The summed E-state index contributed by atoms with van der Waals surface area (Å²) < 4.78 is 5.86. The molecule has 4 aliphatic carbocycles. The zero-order valence-corrected chi connectivity index (χ0v) is 15.8. The van der Waals surface area contributed by atoms with Gasteiger partial charge in [0.2, 0.25) is 0 Å². The highest BCUT2D eigenvalue weighted by molar-refractivity contribution is 5.79. The number of fused-ring (bicyclic) bond motifs is 5. The first kappa shape index (κ1) is 15.9. The fraction of sp³-hybridized carbons (Fsp3) is 0.955. The van der Waals surface area contributed by atoms with Gasteiger partial charge >= 0.3 is 0 Å². The number of carbonyl (C=O) groups excluding carboxylic acids is 1. The Bertz CT molecular complexity index is 564. The van der Waals surface area contributed by atoms with E-state index in [1.807, 2.05) is 6.92 Å². The maximum Gasteiger partial charge on any atom is 0.133 e. The van der Waals surface area contributed by atoms with E-state index >= 15 is 0 Å². The Morgan fingerprint density at radius 2 is 1.67 bits per heavy atom. The highest BCUT2D eigenvalue weighted by Crippen LogP contribution is 2.68. The van der Waals surface area contributed by atoms with E-state index in [-0.39, 0.29) is 0 Å². The highest BCUT2D eigenvalue weighted by Gasteiger charge is 2.63. The monoisotopic (exact) mass is 330 g/mol. The summed E-state index contributed by atoms with van der Waals surface area (Å²) >= 11 is 0. The first-order valence-corrected chi connectivity index (χ1v) is 10.5. The van der Waals surface area contributed by atoms with E-state index < -0.39 is 0 Å². The maximum atomic E-state index is 12.2. The molecule has 1 spiro atoms. The molecular formula is C22H34O2. The molecule has 4 saturated carbocycles. The summed E-state index contributed by atoms with van der Waals surface area (Å²) in [6.07, 6.45) is 12.0. The van der Waals surface area contributed by atoms with Crippen molar-refractivity contribution in [1.29, 1.82) is 0 Å². The zero-order valence-electron chi connectivity index (χ0n) is 15.8. The molecule has 2 nitrogen and oxygen atoms in total. The van der Waals surface area contributed by atoms with Gasteiger partial charge < -0.3 is 4.74 Å². The fourth-order valence-electron chi connectivity index (χ4n) is 8.34. The summed E-state index contributed by atoms with van der Waals surface area (Å²) in [6.45, 7) is 7.98. The van der Waals surface area contributed by atoms with Gasteiger partial charge in [-0.2, -0.15) is 0 Å². The van der Waals surface area contributed by atoms with Gasteiger partial charge in [0.05, 0.1) is 12.2 Å².